The van der Waals surface area contributed by atoms with Crippen LogP contribution in [-0.4, -0.2) is 17.8 Å². The van der Waals surface area contributed by atoms with E-state index in [0.717, 1.165) is 5.56 Å². The summed E-state index contributed by atoms with van der Waals surface area (Å²) >= 11 is 0. The van der Waals surface area contributed by atoms with Crippen molar-refractivity contribution in [1.82, 2.24) is 10.6 Å². The van der Waals surface area contributed by atoms with Gasteiger partial charge in [-0.05, 0) is 41.5 Å². The standard InChI is InChI=1S/C25H22N2O4/c1-18(28)31-22-14-8-11-20(15-22)16-23(27-24(29)21-12-6-3-7-13-21)25(30)26-17-19-9-4-2-5-10-19/h2-16H,17H2,1H3,(H,26,30)(H,27,29). The molecule has 2 N–H and O–H groups in total. The quantitative estimate of drug-likeness (QED) is 0.351. The summed E-state index contributed by atoms with van der Waals surface area (Å²) in [6.45, 7) is 1.62. The fraction of sp³-hybridized carbons (Fsp3) is 0.0800. The largest absolute Gasteiger partial charge is 0.427 e. The van der Waals surface area contributed by atoms with Crippen LogP contribution in [0.4, 0.5) is 0 Å². The summed E-state index contributed by atoms with van der Waals surface area (Å²) in [5.41, 5.74) is 2.03. The number of carbonyl (C=O) groups excluding carboxylic acids is 3. The van der Waals surface area contributed by atoms with Gasteiger partial charge in [0.1, 0.15) is 11.4 Å². The highest BCUT2D eigenvalue weighted by Crippen LogP contribution is 2.16. The number of amides is 2. The Hall–Kier alpha value is -4.19. The van der Waals surface area contributed by atoms with E-state index in [4.69, 9.17) is 4.74 Å². The van der Waals surface area contributed by atoms with Gasteiger partial charge in [-0.15, -0.1) is 0 Å². The second kappa shape index (κ2) is 10.5. The van der Waals surface area contributed by atoms with Gasteiger partial charge in [-0.25, -0.2) is 0 Å². The summed E-state index contributed by atoms with van der Waals surface area (Å²) in [5.74, 6) is -0.942. The zero-order valence-electron chi connectivity index (χ0n) is 17.0. The van der Waals surface area contributed by atoms with Crippen LogP contribution in [0.25, 0.3) is 6.08 Å². The molecule has 0 bridgehead atoms. The van der Waals surface area contributed by atoms with Gasteiger partial charge in [0.15, 0.2) is 0 Å². The number of hydrogen-bond acceptors (Lipinski definition) is 4. The minimum Gasteiger partial charge on any atom is -0.427 e. The first-order chi connectivity index (χ1) is 15.0. The Kier molecular flexibility index (Phi) is 7.32. The highest BCUT2D eigenvalue weighted by Gasteiger charge is 2.15. The molecular weight excluding hydrogens is 392 g/mol. The maximum absolute atomic E-state index is 12.9. The number of benzene rings is 3. The van der Waals surface area contributed by atoms with Gasteiger partial charge in [-0.1, -0.05) is 60.7 Å². The molecule has 3 rings (SSSR count). The summed E-state index contributed by atoms with van der Waals surface area (Å²) in [4.78, 5) is 36.7. The van der Waals surface area contributed by atoms with E-state index in [1.807, 2.05) is 30.3 Å². The van der Waals surface area contributed by atoms with E-state index in [9.17, 15) is 14.4 Å². The molecule has 0 unspecified atom stereocenters. The molecule has 0 aromatic heterocycles. The Labute approximate surface area is 180 Å². The number of ether oxygens (including phenoxy) is 1. The lowest BCUT2D eigenvalue weighted by atomic mass is 10.1. The summed E-state index contributed by atoms with van der Waals surface area (Å²) < 4.78 is 5.10. The lowest BCUT2D eigenvalue weighted by Crippen LogP contribution is -2.34. The molecule has 6 heteroatoms. The Balaban J connectivity index is 1.84. The fourth-order valence-corrected chi connectivity index (χ4v) is 2.82. The van der Waals surface area contributed by atoms with Gasteiger partial charge in [0.05, 0.1) is 0 Å². The highest BCUT2D eigenvalue weighted by molar-refractivity contribution is 6.05. The Morgan fingerprint density at radius 1 is 0.871 bits per heavy atom. The maximum Gasteiger partial charge on any atom is 0.308 e. The third kappa shape index (κ3) is 6.68. The van der Waals surface area contributed by atoms with E-state index in [1.165, 1.54) is 13.0 Å². The molecule has 0 aliphatic heterocycles. The molecule has 0 aliphatic carbocycles. The maximum atomic E-state index is 12.9. The molecule has 0 aliphatic rings. The number of carbonyl (C=O) groups is 3. The summed E-state index contributed by atoms with van der Waals surface area (Å²) in [5, 5.41) is 5.50. The molecule has 3 aromatic carbocycles. The Morgan fingerprint density at radius 3 is 2.23 bits per heavy atom. The normalized spacial score (nSPS) is 10.8. The monoisotopic (exact) mass is 414 g/mol. The zero-order chi connectivity index (χ0) is 22.1. The molecule has 3 aromatic rings. The first-order valence-electron chi connectivity index (χ1n) is 9.70. The van der Waals surface area contributed by atoms with Crippen LogP contribution in [0.15, 0.2) is 90.6 Å². The Morgan fingerprint density at radius 2 is 1.55 bits per heavy atom. The first kappa shape index (κ1) is 21.5. The van der Waals surface area contributed by atoms with Crippen molar-refractivity contribution in [3.63, 3.8) is 0 Å². The van der Waals surface area contributed by atoms with Crippen LogP contribution in [0, 0.1) is 0 Å². The minimum absolute atomic E-state index is 0.0739. The lowest BCUT2D eigenvalue weighted by Gasteiger charge is -2.12. The van der Waals surface area contributed by atoms with E-state index >= 15 is 0 Å². The third-order valence-electron chi connectivity index (χ3n) is 4.26. The SMILES string of the molecule is CC(=O)Oc1cccc(C=C(NC(=O)c2ccccc2)C(=O)NCc2ccccc2)c1. The molecule has 0 atom stereocenters. The second-order valence-corrected chi connectivity index (χ2v) is 6.71. The molecule has 6 nitrogen and oxygen atoms in total. The van der Waals surface area contributed by atoms with Crippen LogP contribution < -0.4 is 15.4 Å². The smallest absolute Gasteiger partial charge is 0.308 e. The number of nitrogens with one attached hydrogen (secondary N) is 2. The molecule has 2 amide bonds. The van der Waals surface area contributed by atoms with E-state index in [2.05, 4.69) is 10.6 Å². The molecule has 0 heterocycles. The Bertz CT molecular complexity index is 1090. The predicted octanol–water partition coefficient (Wildman–Crippen LogP) is 3.70. The van der Waals surface area contributed by atoms with Crippen LogP contribution in [0.5, 0.6) is 5.75 Å². The van der Waals surface area contributed by atoms with Crippen LogP contribution in [0.3, 0.4) is 0 Å². The number of esters is 1. The van der Waals surface area contributed by atoms with Gasteiger partial charge in [0.2, 0.25) is 0 Å². The molecule has 0 radical (unpaired) electrons. The first-order valence-corrected chi connectivity index (χ1v) is 9.70. The van der Waals surface area contributed by atoms with Crippen molar-refractivity contribution in [3.8, 4) is 5.75 Å². The lowest BCUT2D eigenvalue weighted by molar-refractivity contribution is -0.131. The minimum atomic E-state index is -0.445. The van der Waals surface area contributed by atoms with Crippen molar-refractivity contribution < 1.29 is 19.1 Å². The topological polar surface area (TPSA) is 84.5 Å². The van der Waals surface area contributed by atoms with Crippen molar-refractivity contribution >= 4 is 23.9 Å². The van der Waals surface area contributed by atoms with Gasteiger partial charge >= 0.3 is 5.97 Å². The third-order valence-corrected chi connectivity index (χ3v) is 4.26. The van der Waals surface area contributed by atoms with Crippen LogP contribution in [-0.2, 0) is 16.1 Å². The summed E-state index contributed by atoms with van der Waals surface area (Å²) in [6.07, 6.45) is 1.54. The highest BCUT2D eigenvalue weighted by atomic mass is 16.5. The van der Waals surface area contributed by atoms with Gasteiger partial charge in [-0.2, -0.15) is 0 Å². The van der Waals surface area contributed by atoms with Gasteiger partial charge in [0, 0.05) is 19.0 Å². The summed E-state index contributed by atoms with van der Waals surface area (Å²) in [7, 11) is 0. The van der Waals surface area contributed by atoms with Crippen molar-refractivity contribution in [2.45, 2.75) is 13.5 Å². The summed E-state index contributed by atoms with van der Waals surface area (Å²) in [6, 6.07) is 24.8. The molecule has 31 heavy (non-hydrogen) atoms. The second-order valence-electron chi connectivity index (χ2n) is 6.71. The van der Waals surface area contributed by atoms with Crippen LogP contribution >= 0.6 is 0 Å². The van der Waals surface area contributed by atoms with Gasteiger partial charge in [-0.3, -0.25) is 14.4 Å². The van der Waals surface area contributed by atoms with E-state index in [1.54, 1.807) is 54.6 Å². The van der Waals surface area contributed by atoms with E-state index in [0.29, 0.717) is 23.4 Å². The average molecular weight is 414 g/mol. The van der Waals surface area contributed by atoms with Crippen molar-refractivity contribution in [2.75, 3.05) is 0 Å². The average Bonchev–Trinajstić information content (AvgIpc) is 2.78. The number of rotatable bonds is 7. The predicted molar refractivity (Wildman–Crippen MR) is 118 cm³/mol. The number of hydrogen-bond donors (Lipinski definition) is 2. The molecule has 0 saturated heterocycles. The molecule has 156 valence electrons. The molecule has 0 fully saturated rings. The van der Waals surface area contributed by atoms with E-state index < -0.39 is 17.8 Å². The molecular formula is C25H22N2O4. The molecule has 0 spiro atoms. The zero-order valence-corrected chi connectivity index (χ0v) is 17.0. The van der Waals surface area contributed by atoms with E-state index in [-0.39, 0.29) is 5.70 Å². The fourth-order valence-electron chi connectivity index (χ4n) is 2.82. The van der Waals surface area contributed by atoms with Crippen LogP contribution in [0.2, 0.25) is 0 Å². The molecule has 0 saturated carbocycles. The van der Waals surface area contributed by atoms with Crippen LogP contribution in [0.1, 0.15) is 28.4 Å². The van der Waals surface area contributed by atoms with Crippen molar-refractivity contribution in [3.05, 3.63) is 107 Å². The van der Waals surface area contributed by atoms with Gasteiger partial charge < -0.3 is 15.4 Å². The van der Waals surface area contributed by atoms with Crippen molar-refractivity contribution in [1.29, 1.82) is 0 Å². The van der Waals surface area contributed by atoms with Crippen molar-refractivity contribution in [2.24, 2.45) is 0 Å². The van der Waals surface area contributed by atoms with Gasteiger partial charge in [0.25, 0.3) is 11.8 Å².